The van der Waals surface area contributed by atoms with E-state index < -0.39 is 44.4 Å². The maximum absolute atomic E-state index is 12.2. The molecule has 8 nitrogen and oxygen atoms in total. The highest BCUT2D eigenvalue weighted by molar-refractivity contribution is 7.87. The maximum atomic E-state index is 12.2. The van der Waals surface area contributed by atoms with Gasteiger partial charge in [-0.2, -0.15) is 34.4 Å². The van der Waals surface area contributed by atoms with Gasteiger partial charge in [0.2, 0.25) is 0 Å². The number of halogens is 4. The van der Waals surface area contributed by atoms with Crippen LogP contribution in [0.1, 0.15) is 26.7 Å². The Bertz CT molecular complexity index is 520. The topological polar surface area (TPSA) is 149 Å². The third kappa shape index (κ3) is 8.21. The molecule has 1 rings (SSSR count). The number of hydrogen-bond donors (Lipinski definition) is 2. The lowest BCUT2D eigenvalue weighted by Crippen LogP contribution is -2.47. The van der Waals surface area contributed by atoms with Crippen molar-refractivity contribution in [2.45, 2.75) is 37.9 Å². The molecule has 0 saturated carbocycles. The molecule has 23 heavy (non-hydrogen) atoms. The van der Waals surface area contributed by atoms with Crippen LogP contribution in [0.2, 0.25) is 0 Å². The van der Waals surface area contributed by atoms with E-state index >= 15 is 0 Å². The molecule has 4 N–H and O–H groups in total. The van der Waals surface area contributed by atoms with Crippen LogP contribution in [0.5, 0.6) is 0 Å². The quantitative estimate of drug-likeness (QED) is 0.397. The van der Waals surface area contributed by atoms with Gasteiger partial charge in [-0.15, -0.1) is 0 Å². The fraction of sp³-hybridized carbons (Fsp3) is 1.00. The van der Waals surface area contributed by atoms with Crippen molar-refractivity contribution in [2.24, 2.45) is 0 Å². The molecule has 1 aliphatic rings. The van der Waals surface area contributed by atoms with Crippen molar-refractivity contribution in [1.82, 2.24) is 0 Å². The van der Waals surface area contributed by atoms with Crippen LogP contribution in [0.25, 0.3) is 0 Å². The number of hydrogen-bond acceptors (Lipinski definition) is 6. The lowest BCUT2D eigenvalue weighted by atomic mass is 10.2. The Morgan fingerprint density at radius 2 is 1.61 bits per heavy atom. The van der Waals surface area contributed by atoms with Crippen LogP contribution in [0, 0.1) is 0 Å². The third-order valence-electron chi connectivity index (χ3n) is 2.23. The van der Waals surface area contributed by atoms with E-state index in [4.69, 9.17) is 9.66 Å². The molecule has 1 saturated heterocycles. The third-order valence-corrected chi connectivity index (χ3v) is 4.49. The molecule has 0 aliphatic carbocycles. The van der Waals surface area contributed by atoms with E-state index in [2.05, 4.69) is 4.18 Å². The lowest BCUT2D eigenvalue weighted by Gasteiger charge is -2.22. The summed E-state index contributed by atoms with van der Waals surface area (Å²) in [6.45, 7) is -0.944. The predicted octanol–water partition coefficient (Wildman–Crippen LogP) is 0.423. The van der Waals surface area contributed by atoms with E-state index in [0.29, 0.717) is 6.61 Å². The summed E-state index contributed by atoms with van der Waals surface area (Å²) in [5.74, 6) is -4.79. The van der Waals surface area contributed by atoms with E-state index in [0.717, 1.165) is 12.8 Å². The summed E-state index contributed by atoms with van der Waals surface area (Å²) >= 11 is 0. The second-order valence-corrected chi connectivity index (χ2v) is 7.18. The number of alkyl halides is 4. The molecule has 0 atom stereocenters. The van der Waals surface area contributed by atoms with Crippen molar-refractivity contribution in [3.63, 3.8) is 0 Å². The molecule has 1 heterocycles. The summed E-state index contributed by atoms with van der Waals surface area (Å²) in [5, 5.41) is 2.36. The summed E-state index contributed by atoms with van der Waals surface area (Å²) in [6, 6.07) is 0. The van der Waals surface area contributed by atoms with Crippen LogP contribution in [0.4, 0.5) is 17.6 Å². The Morgan fingerprint density at radius 3 is 1.83 bits per heavy atom. The fourth-order valence-corrected chi connectivity index (χ4v) is 2.63. The highest BCUT2D eigenvalue weighted by Gasteiger charge is 2.64. The summed E-state index contributed by atoms with van der Waals surface area (Å²) in [7, 11) is -9.26. The van der Waals surface area contributed by atoms with Gasteiger partial charge in [-0.25, -0.2) is 0 Å². The van der Waals surface area contributed by atoms with Crippen molar-refractivity contribution < 1.29 is 53.7 Å². The normalized spacial score (nSPS) is 17.8. The summed E-state index contributed by atoms with van der Waals surface area (Å²) in [5.41, 5.74) is 0. The Labute approximate surface area is 131 Å². The Balaban J connectivity index is -0.000000347. The minimum Gasteiger partial charge on any atom is -0.412 e. The largest absolute Gasteiger partial charge is 0.431 e. The summed E-state index contributed by atoms with van der Waals surface area (Å²) in [6.07, 6.45) is -0.124. The molecule has 0 spiro atoms. The van der Waals surface area contributed by atoms with Crippen molar-refractivity contribution in [1.29, 1.82) is 0 Å². The number of aliphatic hydroxyl groups excluding tert-OH is 1. The smallest absolute Gasteiger partial charge is 0.412 e. The standard InChI is InChI=1S/C4H6F4O4S.C4H8O3S.CH4.H2O/c5-3(6,1-2-9)4(7,8)13(10,11)12;5-8(6)4-2-1-3-7-8;;/h9H,1-2H2,(H,10,11,12);1-4H2;1H4;1H2. The monoisotopic (exact) mass is 396 g/mol. The molecule has 0 aromatic heterocycles. The van der Waals surface area contributed by atoms with Gasteiger partial charge in [-0.05, 0) is 12.8 Å². The Morgan fingerprint density at radius 1 is 1.13 bits per heavy atom. The summed E-state index contributed by atoms with van der Waals surface area (Å²) in [4.78, 5) is 0. The zero-order chi connectivity index (χ0) is 16.9. The first-order valence-electron chi connectivity index (χ1n) is 5.47. The predicted molar refractivity (Wildman–Crippen MR) is 72.5 cm³/mol. The molecule has 1 fully saturated rings. The molecule has 14 heteroatoms. The van der Waals surface area contributed by atoms with Gasteiger partial charge in [-0.3, -0.25) is 8.74 Å². The SMILES string of the molecule is C.O.O=S(=O)(O)C(F)(F)C(F)(F)CCO.O=S1(=O)CCCCO1. The van der Waals surface area contributed by atoms with Crippen LogP contribution in [0.15, 0.2) is 0 Å². The van der Waals surface area contributed by atoms with Crippen LogP contribution in [-0.4, -0.2) is 62.1 Å². The highest BCUT2D eigenvalue weighted by Crippen LogP contribution is 2.40. The summed E-state index contributed by atoms with van der Waals surface area (Å²) < 4.78 is 102. The minimum absolute atomic E-state index is 0. The van der Waals surface area contributed by atoms with E-state index in [1.165, 1.54) is 0 Å². The van der Waals surface area contributed by atoms with Gasteiger partial charge in [-0.1, -0.05) is 7.43 Å². The molecular formula is C9H20F4O8S2. The maximum Gasteiger partial charge on any atom is 0.431 e. The Kier molecular flexibility index (Phi) is 11.5. The molecule has 0 aromatic carbocycles. The molecule has 0 amide bonds. The molecule has 0 radical (unpaired) electrons. The van der Waals surface area contributed by atoms with Gasteiger partial charge in [0.15, 0.2) is 0 Å². The van der Waals surface area contributed by atoms with Gasteiger partial charge in [0.05, 0.1) is 12.4 Å². The first-order valence-corrected chi connectivity index (χ1v) is 8.49. The molecule has 144 valence electrons. The molecule has 0 bridgehead atoms. The van der Waals surface area contributed by atoms with Gasteiger partial charge >= 0.3 is 21.3 Å². The lowest BCUT2D eigenvalue weighted by molar-refractivity contribution is -0.168. The first kappa shape index (κ1) is 27.3. The fourth-order valence-electron chi connectivity index (χ4n) is 1.10. The average Bonchev–Trinajstić information content (AvgIpc) is 2.27. The van der Waals surface area contributed by atoms with Crippen LogP contribution < -0.4 is 0 Å². The van der Waals surface area contributed by atoms with Gasteiger partial charge in [0.25, 0.3) is 10.1 Å². The van der Waals surface area contributed by atoms with E-state index in [1.54, 1.807) is 0 Å². The number of rotatable bonds is 4. The second kappa shape index (κ2) is 9.68. The molecular weight excluding hydrogens is 376 g/mol. The van der Waals surface area contributed by atoms with Gasteiger partial charge in [0, 0.05) is 13.0 Å². The molecule has 0 unspecified atom stereocenters. The Hall–Kier alpha value is -0.540. The van der Waals surface area contributed by atoms with Crippen LogP contribution in [-0.2, 0) is 24.4 Å². The minimum atomic E-state index is -6.18. The van der Waals surface area contributed by atoms with E-state index in [1.807, 2.05) is 0 Å². The average molecular weight is 396 g/mol. The van der Waals surface area contributed by atoms with Gasteiger partial charge in [0.1, 0.15) is 0 Å². The van der Waals surface area contributed by atoms with Crippen LogP contribution >= 0.6 is 0 Å². The molecule has 0 aromatic rings. The van der Waals surface area contributed by atoms with E-state index in [9.17, 15) is 34.4 Å². The zero-order valence-corrected chi connectivity index (χ0v) is 12.6. The van der Waals surface area contributed by atoms with Gasteiger partial charge < -0.3 is 10.6 Å². The molecule has 1 aliphatic heterocycles. The van der Waals surface area contributed by atoms with Crippen molar-refractivity contribution in [3.05, 3.63) is 0 Å². The number of aliphatic hydroxyl groups is 1. The van der Waals surface area contributed by atoms with Crippen molar-refractivity contribution in [3.8, 4) is 0 Å². The second-order valence-electron chi connectivity index (χ2n) is 3.96. The van der Waals surface area contributed by atoms with Crippen LogP contribution in [0.3, 0.4) is 0 Å². The van der Waals surface area contributed by atoms with Crippen molar-refractivity contribution in [2.75, 3.05) is 19.0 Å². The highest BCUT2D eigenvalue weighted by atomic mass is 32.2. The van der Waals surface area contributed by atoms with Crippen molar-refractivity contribution >= 4 is 20.2 Å². The zero-order valence-electron chi connectivity index (χ0n) is 11.0. The first-order chi connectivity index (χ1) is 9.27. The van der Waals surface area contributed by atoms with E-state index in [-0.39, 0.29) is 18.7 Å².